The van der Waals surface area contributed by atoms with Gasteiger partial charge in [-0.3, -0.25) is 14.8 Å². The van der Waals surface area contributed by atoms with Gasteiger partial charge in [-0.1, -0.05) is 12.1 Å². The summed E-state index contributed by atoms with van der Waals surface area (Å²) in [5.41, 5.74) is 1.92. The van der Waals surface area contributed by atoms with Crippen molar-refractivity contribution in [2.24, 2.45) is 0 Å². The van der Waals surface area contributed by atoms with Crippen molar-refractivity contribution in [3.05, 3.63) is 60.2 Å². The molecule has 0 aliphatic carbocycles. The van der Waals surface area contributed by atoms with Crippen LogP contribution in [-0.2, 0) is 6.54 Å². The summed E-state index contributed by atoms with van der Waals surface area (Å²) in [5.74, 6) is -0.157. The summed E-state index contributed by atoms with van der Waals surface area (Å²) in [5, 5.41) is 10.7. The third-order valence-corrected chi connectivity index (χ3v) is 5.76. The summed E-state index contributed by atoms with van der Waals surface area (Å²) in [4.78, 5) is 10.9. The fourth-order valence-corrected chi connectivity index (χ4v) is 4.30. The third kappa shape index (κ3) is 4.29. The minimum absolute atomic E-state index is 0.157. The van der Waals surface area contributed by atoms with Crippen LogP contribution in [-0.4, -0.2) is 71.3 Å². The van der Waals surface area contributed by atoms with Crippen molar-refractivity contribution >= 4 is 5.69 Å². The molecule has 0 bridgehead atoms. The fraction of sp³-hybridized carbons (Fsp3) is 0.476. The lowest BCUT2D eigenvalue weighted by atomic mass is 9.98. The highest BCUT2D eigenvalue weighted by Gasteiger charge is 2.33. The molecule has 2 aromatic rings. The Kier molecular flexibility index (Phi) is 5.66. The SMILES string of the molecule is O[C@@H]1CN(Cc2ccncc2)CC[C@H]1N1CCN(c2ccccc2F)CC1. The predicted molar refractivity (Wildman–Crippen MR) is 104 cm³/mol. The van der Waals surface area contributed by atoms with E-state index in [1.54, 1.807) is 6.07 Å². The second-order valence-electron chi connectivity index (χ2n) is 7.49. The van der Waals surface area contributed by atoms with Crippen LogP contribution >= 0.6 is 0 Å². The number of piperazine rings is 1. The van der Waals surface area contributed by atoms with Crippen LogP contribution in [0.15, 0.2) is 48.8 Å². The number of rotatable bonds is 4. The largest absolute Gasteiger partial charge is 0.390 e. The summed E-state index contributed by atoms with van der Waals surface area (Å²) in [6, 6.07) is 11.2. The fourth-order valence-electron chi connectivity index (χ4n) is 4.30. The van der Waals surface area contributed by atoms with Crippen molar-refractivity contribution in [2.45, 2.75) is 25.1 Å². The van der Waals surface area contributed by atoms with Crippen LogP contribution in [0.2, 0.25) is 0 Å². The van der Waals surface area contributed by atoms with Crippen molar-refractivity contribution in [3.8, 4) is 0 Å². The molecule has 2 fully saturated rings. The first-order valence-electron chi connectivity index (χ1n) is 9.73. The average molecular weight is 370 g/mol. The van der Waals surface area contributed by atoms with Crippen LogP contribution in [0.25, 0.3) is 0 Å². The molecule has 0 radical (unpaired) electrons. The zero-order valence-electron chi connectivity index (χ0n) is 15.5. The normalized spacial score (nSPS) is 24.9. The third-order valence-electron chi connectivity index (χ3n) is 5.76. The molecule has 2 aliphatic heterocycles. The first-order chi connectivity index (χ1) is 13.2. The van der Waals surface area contributed by atoms with Crippen LogP contribution in [0.4, 0.5) is 10.1 Å². The minimum atomic E-state index is -0.347. The van der Waals surface area contributed by atoms with E-state index in [2.05, 4.69) is 19.7 Å². The van der Waals surface area contributed by atoms with Crippen molar-refractivity contribution in [2.75, 3.05) is 44.2 Å². The van der Waals surface area contributed by atoms with Crippen LogP contribution in [0.1, 0.15) is 12.0 Å². The average Bonchev–Trinajstić information content (AvgIpc) is 2.70. The van der Waals surface area contributed by atoms with E-state index in [-0.39, 0.29) is 18.0 Å². The molecule has 0 spiro atoms. The van der Waals surface area contributed by atoms with E-state index in [9.17, 15) is 9.50 Å². The number of hydrogen-bond acceptors (Lipinski definition) is 5. The van der Waals surface area contributed by atoms with Gasteiger partial charge in [-0.2, -0.15) is 0 Å². The number of aliphatic hydroxyl groups is 1. The number of likely N-dealkylation sites (tertiary alicyclic amines) is 1. The summed E-state index contributed by atoms with van der Waals surface area (Å²) in [6.45, 7) is 5.85. The van der Waals surface area contributed by atoms with Gasteiger partial charge in [0.15, 0.2) is 0 Å². The Morgan fingerprint density at radius 1 is 1.00 bits per heavy atom. The molecule has 3 heterocycles. The number of halogens is 1. The highest BCUT2D eigenvalue weighted by Crippen LogP contribution is 2.24. The van der Waals surface area contributed by atoms with E-state index in [1.807, 2.05) is 36.7 Å². The number of hydrogen-bond donors (Lipinski definition) is 1. The van der Waals surface area contributed by atoms with Crippen LogP contribution < -0.4 is 4.90 Å². The van der Waals surface area contributed by atoms with E-state index < -0.39 is 0 Å². The van der Waals surface area contributed by atoms with E-state index >= 15 is 0 Å². The molecule has 2 aliphatic rings. The van der Waals surface area contributed by atoms with Crippen LogP contribution in [0.5, 0.6) is 0 Å². The molecule has 5 nitrogen and oxygen atoms in total. The lowest BCUT2D eigenvalue weighted by molar-refractivity contribution is -0.0172. The zero-order chi connectivity index (χ0) is 18.6. The van der Waals surface area contributed by atoms with Gasteiger partial charge in [0.2, 0.25) is 0 Å². The summed E-state index contributed by atoms with van der Waals surface area (Å²) in [6.07, 6.45) is 4.24. The molecule has 27 heavy (non-hydrogen) atoms. The van der Waals surface area contributed by atoms with Gasteiger partial charge >= 0.3 is 0 Å². The number of para-hydroxylation sites is 1. The van der Waals surface area contributed by atoms with E-state index in [0.29, 0.717) is 12.2 Å². The van der Waals surface area contributed by atoms with E-state index in [0.717, 1.165) is 45.7 Å². The Morgan fingerprint density at radius 3 is 2.44 bits per heavy atom. The number of piperidine rings is 1. The van der Waals surface area contributed by atoms with Gasteiger partial charge in [0.25, 0.3) is 0 Å². The van der Waals surface area contributed by atoms with E-state index in [4.69, 9.17) is 0 Å². The van der Waals surface area contributed by atoms with Crippen molar-refractivity contribution in [3.63, 3.8) is 0 Å². The number of anilines is 1. The van der Waals surface area contributed by atoms with Gasteiger partial charge in [0.1, 0.15) is 5.82 Å². The second-order valence-corrected chi connectivity index (χ2v) is 7.49. The van der Waals surface area contributed by atoms with Gasteiger partial charge in [-0.15, -0.1) is 0 Å². The zero-order valence-corrected chi connectivity index (χ0v) is 15.5. The topological polar surface area (TPSA) is 42.8 Å². The maximum absolute atomic E-state index is 14.0. The molecule has 0 saturated carbocycles. The summed E-state index contributed by atoms with van der Waals surface area (Å²) >= 11 is 0. The molecule has 4 rings (SSSR count). The summed E-state index contributed by atoms with van der Waals surface area (Å²) < 4.78 is 14.0. The van der Waals surface area contributed by atoms with Crippen molar-refractivity contribution < 1.29 is 9.50 Å². The Morgan fingerprint density at radius 2 is 1.74 bits per heavy atom. The van der Waals surface area contributed by atoms with Crippen molar-refractivity contribution in [1.29, 1.82) is 0 Å². The van der Waals surface area contributed by atoms with Crippen molar-refractivity contribution in [1.82, 2.24) is 14.8 Å². The quantitative estimate of drug-likeness (QED) is 0.892. The highest BCUT2D eigenvalue weighted by molar-refractivity contribution is 5.48. The monoisotopic (exact) mass is 370 g/mol. The molecule has 2 atom stereocenters. The molecule has 1 aromatic carbocycles. The number of aromatic nitrogens is 1. The number of pyridine rings is 1. The lowest BCUT2D eigenvalue weighted by Gasteiger charge is -2.45. The lowest BCUT2D eigenvalue weighted by Crippen LogP contribution is -2.58. The number of β-amino-alcohol motifs (C(OH)–C–C–N with tert-alkyl or cyclic N) is 1. The first-order valence-corrected chi connectivity index (χ1v) is 9.73. The van der Waals surface area contributed by atoms with Crippen LogP contribution in [0.3, 0.4) is 0 Å². The van der Waals surface area contributed by atoms with Gasteiger partial charge in [-0.25, -0.2) is 4.39 Å². The predicted octanol–water partition coefficient (Wildman–Crippen LogP) is 1.98. The highest BCUT2D eigenvalue weighted by atomic mass is 19.1. The Hall–Kier alpha value is -2.02. The Bertz CT molecular complexity index is 736. The van der Waals surface area contributed by atoms with Gasteiger partial charge < -0.3 is 10.0 Å². The van der Waals surface area contributed by atoms with E-state index in [1.165, 1.54) is 11.6 Å². The molecule has 2 saturated heterocycles. The molecule has 0 amide bonds. The number of aliphatic hydroxyl groups excluding tert-OH is 1. The molecular weight excluding hydrogens is 343 g/mol. The first kappa shape index (κ1) is 18.3. The molecule has 6 heteroatoms. The molecule has 1 N–H and O–H groups in total. The Balaban J connectivity index is 1.30. The smallest absolute Gasteiger partial charge is 0.146 e. The molecular formula is C21H27FN4O. The maximum Gasteiger partial charge on any atom is 0.146 e. The Labute approximate surface area is 160 Å². The second kappa shape index (κ2) is 8.33. The molecule has 1 aromatic heterocycles. The van der Waals surface area contributed by atoms with Gasteiger partial charge in [0, 0.05) is 64.2 Å². The molecule has 0 unspecified atom stereocenters. The van der Waals surface area contributed by atoms with Crippen LogP contribution in [0, 0.1) is 5.82 Å². The van der Waals surface area contributed by atoms with Gasteiger partial charge in [-0.05, 0) is 36.2 Å². The number of benzene rings is 1. The minimum Gasteiger partial charge on any atom is -0.390 e. The summed E-state index contributed by atoms with van der Waals surface area (Å²) in [7, 11) is 0. The maximum atomic E-state index is 14.0. The van der Waals surface area contributed by atoms with Gasteiger partial charge in [0.05, 0.1) is 11.8 Å². The molecule has 144 valence electrons. The standard InChI is InChI=1S/C21H27FN4O/c22-18-3-1-2-4-19(18)25-11-13-26(14-12-25)20-7-10-24(16-21(20)27)15-17-5-8-23-9-6-17/h1-6,8-9,20-21,27H,7,10-16H2/t20-,21-/m1/s1. The number of nitrogens with zero attached hydrogens (tertiary/aromatic N) is 4.